The molecule has 0 saturated heterocycles. The van der Waals surface area contributed by atoms with Crippen molar-refractivity contribution in [3.63, 3.8) is 0 Å². The van der Waals surface area contributed by atoms with Gasteiger partial charge in [-0.15, -0.1) is 24.8 Å². The molecular weight excluding hydrogens is 319 g/mol. The van der Waals surface area contributed by atoms with E-state index < -0.39 is 6.10 Å². The molecule has 5 atom stereocenters. The number of nitrogens with one attached hydrogen (secondary N) is 1. The van der Waals surface area contributed by atoms with Gasteiger partial charge in [-0.05, 0) is 43.1 Å². The predicted molar refractivity (Wildman–Crippen MR) is 95.9 cm³/mol. The van der Waals surface area contributed by atoms with Gasteiger partial charge in [0.1, 0.15) is 0 Å². The molecule has 2 bridgehead atoms. The molecule has 2 aliphatic rings. The van der Waals surface area contributed by atoms with E-state index in [1.54, 1.807) is 0 Å². The van der Waals surface area contributed by atoms with Crippen LogP contribution in [0.15, 0.2) is 30.3 Å². The maximum absolute atomic E-state index is 10.2. The van der Waals surface area contributed by atoms with Gasteiger partial charge in [0.25, 0.3) is 0 Å². The number of aliphatic hydroxyl groups is 1. The minimum atomic E-state index is -0.464. The zero-order valence-corrected chi connectivity index (χ0v) is 14.5. The Balaban J connectivity index is 0.00000121. The van der Waals surface area contributed by atoms with E-state index in [-0.39, 0.29) is 30.9 Å². The van der Waals surface area contributed by atoms with Gasteiger partial charge in [0.2, 0.25) is 0 Å². The van der Waals surface area contributed by atoms with E-state index in [1.165, 1.54) is 31.2 Å². The second-order valence-electron chi connectivity index (χ2n) is 6.61. The summed E-state index contributed by atoms with van der Waals surface area (Å²) in [5.74, 6) is 1.78. The summed E-state index contributed by atoms with van der Waals surface area (Å²) in [6.45, 7) is 0.627. The Bertz CT molecular complexity index is 432. The Labute approximate surface area is 145 Å². The molecule has 0 spiro atoms. The van der Waals surface area contributed by atoms with Crippen LogP contribution in [0, 0.1) is 11.8 Å². The van der Waals surface area contributed by atoms with Gasteiger partial charge in [-0.25, -0.2) is 0 Å². The Hall–Kier alpha value is -0.320. The average Bonchev–Trinajstić information content (AvgIpc) is 3.08. The quantitative estimate of drug-likeness (QED) is 0.741. The fraction of sp³-hybridized carbons (Fsp3) is 0.647. The summed E-state index contributed by atoms with van der Waals surface area (Å²) >= 11 is 0. The van der Waals surface area contributed by atoms with Crippen LogP contribution in [0.25, 0.3) is 0 Å². The van der Waals surface area contributed by atoms with Crippen LogP contribution < -0.4 is 11.1 Å². The topological polar surface area (TPSA) is 58.3 Å². The lowest BCUT2D eigenvalue weighted by atomic mass is 9.95. The van der Waals surface area contributed by atoms with Crippen molar-refractivity contribution in [2.45, 2.75) is 50.3 Å². The molecule has 5 heteroatoms. The van der Waals surface area contributed by atoms with E-state index >= 15 is 0 Å². The number of hydrogen-bond acceptors (Lipinski definition) is 3. The van der Waals surface area contributed by atoms with E-state index in [2.05, 4.69) is 17.4 Å². The molecule has 4 N–H and O–H groups in total. The SMILES string of the molecule is Cl.Cl.N[C@@H](Cc1ccccc1)[C@H](O)CN[C@H]1CC2CCC1C2. The Morgan fingerprint density at radius 3 is 2.45 bits per heavy atom. The van der Waals surface area contributed by atoms with E-state index in [1.807, 2.05) is 18.2 Å². The molecule has 3 rings (SSSR count). The zero-order chi connectivity index (χ0) is 13.9. The molecule has 3 nitrogen and oxygen atoms in total. The van der Waals surface area contributed by atoms with Crippen molar-refractivity contribution in [2.75, 3.05) is 6.54 Å². The first kappa shape index (κ1) is 19.7. The van der Waals surface area contributed by atoms with Crippen molar-refractivity contribution in [3.8, 4) is 0 Å². The van der Waals surface area contributed by atoms with E-state index in [9.17, 15) is 5.11 Å². The predicted octanol–water partition coefficient (Wildman–Crippen LogP) is 2.54. The van der Waals surface area contributed by atoms with Crippen LogP contribution in [0.1, 0.15) is 31.2 Å². The third-order valence-corrected chi connectivity index (χ3v) is 5.14. The molecule has 2 aliphatic carbocycles. The molecule has 1 aromatic carbocycles. The molecular formula is C17H28Cl2N2O. The number of fused-ring (bicyclic) bond motifs is 2. The molecule has 0 aromatic heterocycles. The number of rotatable bonds is 6. The summed E-state index contributed by atoms with van der Waals surface area (Å²) in [6, 6.07) is 10.6. The van der Waals surface area contributed by atoms with Crippen LogP contribution in [0.5, 0.6) is 0 Å². The third kappa shape index (κ3) is 4.84. The fourth-order valence-corrected chi connectivity index (χ4v) is 3.94. The fourth-order valence-electron chi connectivity index (χ4n) is 3.94. The van der Waals surface area contributed by atoms with E-state index in [4.69, 9.17) is 5.73 Å². The molecule has 1 aromatic rings. The molecule has 22 heavy (non-hydrogen) atoms. The standard InChI is InChI=1S/C17H26N2O.2ClH/c18-15(9-12-4-2-1-3-5-12)17(20)11-19-16-10-13-6-7-14(16)8-13;;/h1-5,13-17,19-20H,6-11,18H2;2*1H/t13?,14?,15-,16-,17+;;/m0../s1. The molecule has 2 saturated carbocycles. The van der Waals surface area contributed by atoms with Crippen LogP contribution in [0.2, 0.25) is 0 Å². The normalized spacial score (nSPS) is 28.5. The summed E-state index contributed by atoms with van der Waals surface area (Å²) in [7, 11) is 0. The smallest absolute Gasteiger partial charge is 0.0818 e. The Morgan fingerprint density at radius 1 is 1.14 bits per heavy atom. The molecule has 2 unspecified atom stereocenters. The van der Waals surface area contributed by atoms with Crippen LogP contribution >= 0.6 is 24.8 Å². The number of nitrogens with two attached hydrogens (primary N) is 1. The second kappa shape index (κ2) is 9.09. The van der Waals surface area contributed by atoms with Gasteiger partial charge in [-0.3, -0.25) is 0 Å². The van der Waals surface area contributed by atoms with Crippen molar-refractivity contribution < 1.29 is 5.11 Å². The highest BCUT2D eigenvalue weighted by molar-refractivity contribution is 5.85. The van der Waals surface area contributed by atoms with E-state index in [0.29, 0.717) is 12.6 Å². The maximum Gasteiger partial charge on any atom is 0.0818 e. The summed E-state index contributed by atoms with van der Waals surface area (Å²) in [5.41, 5.74) is 7.31. The Morgan fingerprint density at radius 2 is 1.86 bits per heavy atom. The lowest BCUT2D eigenvalue weighted by Crippen LogP contribution is -2.46. The van der Waals surface area contributed by atoms with Gasteiger partial charge in [-0.1, -0.05) is 36.8 Å². The van der Waals surface area contributed by atoms with Crippen molar-refractivity contribution in [2.24, 2.45) is 17.6 Å². The Kier molecular flexibility index (Phi) is 8.15. The minimum absolute atomic E-state index is 0. The molecule has 0 radical (unpaired) electrons. The van der Waals surface area contributed by atoms with Crippen LogP contribution in [-0.4, -0.2) is 29.8 Å². The first-order valence-corrected chi connectivity index (χ1v) is 7.93. The molecule has 0 heterocycles. The van der Waals surface area contributed by atoms with Crippen molar-refractivity contribution in [1.29, 1.82) is 0 Å². The van der Waals surface area contributed by atoms with Crippen LogP contribution in [0.3, 0.4) is 0 Å². The van der Waals surface area contributed by atoms with Gasteiger partial charge in [-0.2, -0.15) is 0 Å². The highest BCUT2D eigenvalue weighted by Gasteiger charge is 2.39. The van der Waals surface area contributed by atoms with Crippen LogP contribution in [-0.2, 0) is 6.42 Å². The maximum atomic E-state index is 10.2. The first-order valence-electron chi connectivity index (χ1n) is 7.93. The summed E-state index contributed by atoms with van der Waals surface area (Å²) in [6.07, 6.45) is 5.75. The largest absolute Gasteiger partial charge is 0.390 e. The lowest BCUT2D eigenvalue weighted by Gasteiger charge is -2.26. The van der Waals surface area contributed by atoms with Crippen molar-refractivity contribution in [1.82, 2.24) is 5.32 Å². The summed E-state index contributed by atoms with van der Waals surface area (Å²) in [5, 5.41) is 13.8. The van der Waals surface area contributed by atoms with Crippen molar-refractivity contribution >= 4 is 24.8 Å². The van der Waals surface area contributed by atoms with E-state index in [0.717, 1.165) is 18.3 Å². The lowest BCUT2D eigenvalue weighted by molar-refractivity contribution is 0.133. The third-order valence-electron chi connectivity index (χ3n) is 5.14. The number of benzene rings is 1. The second-order valence-corrected chi connectivity index (χ2v) is 6.61. The molecule has 0 amide bonds. The number of aliphatic hydroxyl groups excluding tert-OH is 1. The van der Waals surface area contributed by atoms with Gasteiger partial charge >= 0.3 is 0 Å². The van der Waals surface area contributed by atoms with Crippen molar-refractivity contribution in [3.05, 3.63) is 35.9 Å². The minimum Gasteiger partial charge on any atom is -0.390 e. The van der Waals surface area contributed by atoms with Crippen LogP contribution in [0.4, 0.5) is 0 Å². The monoisotopic (exact) mass is 346 g/mol. The molecule has 2 fully saturated rings. The zero-order valence-electron chi connectivity index (χ0n) is 12.9. The molecule has 126 valence electrons. The summed E-state index contributed by atoms with van der Waals surface area (Å²) < 4.78 is 0. The highest BCUT2D eigenvalue weighted by atomic mass is 35.5. The highest BCUT2D eigenvalue weighted by Crippen LogP contribution is 2.44. The average molecular weight is 347 g/mol. The number of hydrogen-bond donors (Lipinski definition) is 3. The van der Waals surface area contributed by atoms with Gasteiger partial charge < -0.3 is 16.2 Å². The van der Waals surface area contributed by atoms with Gasteiger partial charge in [0, 0.05) is 18.6 Å². The summed E-state index contributed by atoms with van der Waals surface area (Å²) in [4.78, 5) is 0. The van der Waals surface area contributed by atoms with Gasteiger partial charge in [0.05, 0.1) is 6.10 Å². The van der Waals surface area contributed by atoms with Gasteiger partial charge in [0.15, 0.2) is 0 Å². The first-order chi connectivity index (χ1) is 9.72. The number of halogens is 2. The molecule has 0 aliphatic heterocycles.